The molecule has 0 aromatic carbocycles. The first-order valence-electron chi connectivity index (χ1n) is 7.81. The van der Waals surface area contributed by atoms with Crippen molar-refractivity contribution >= 4 is 0 Å². The van der Waals surface area contributed by atoms with Crippen LogP contribution in [0.5, 0.6) is 0 Å². The van der Waals surface area contributed by atoms with Gasteiger partial charge in [0.1, 0.15) is 13.2 Å². The second-order valence-electron chi connectivity index (χ2n) is 3.97. The molecule has 0 heterocycles. The highest BCUT2D eigenvalue weighted by Crippen LogP contribution is 1.81. The second-order valence-corrected chi connectivity index (χ2v) is 3.97. The van der Waals surface area contributed by atoms with Gasteiger partial charge < -0.3 is 38.6 Å². The fourth-order valence-corrected chi connectivity index (χ4v) is 1.15. The molecule has 8 nitrogen and oxygen atoms in total. The van der Waals surface area contributed by atoms with Gasteiger partial charge in [-0.15, -0.1) is 0 Å². The Balaban J connectivity index is 0. The minimum absolute atomic E-state index is 0.0551. The third kappa shape index (κ3) is 28.9. The molecule has 0 bridgehead atoms. The van der Waals surface area contributed by atoms with Crippen molar-refractivity contribution in [1.29, 1.82) is 0 Å². The van der Waals surface area contributed by atoms with E-state index in [1.807, 2.05) is 0 Å². The lowest BCUT2D eigenvalue weighted by Crippen LogP contribution is -2.09. The van der Waals surface area contributed by atoms with Gasteiger partial charge in [-0.2, -0.15) is 0 Å². The summed E-state index contributed by atoms with van der Waals surface area (Å²) in [5.41, 5.74) is 0. The zero-order chi connectivity index (χ0) is 18.1. The fourth-order valence-electron chi connectivity index (χ4n) is 1.15. The van der Waals surface area contributed by atoms with Crippen LogP contribution < -0.4 is 0 Å². The summed E-state index contributed by atoms with van der Waals surface area (Å²) in [4.78, 5) is 0. The lowest BCUT2D eigenvalue weighted by atomic mass is 10.7. The SMILES string of the molecule is C=COCCOCCOCCO.C=COCCOCCOCCO. The highest BCUT2D eigenvalue weighted by Gasteiger charge is 1.89. The van der Waals surface area contributed by atoms with Gasteiger partial charge in [-0.3, -0.25) is 0 Å². The molecule has 0 spiro atoms. The normalized spacial score (nSPS) is 9.75. The van der Waals surface area contributed by atoms with Crippen LogP contribution in [0.3, 0.4) is 0 Å². The molecule has 0 saturated heterocycles. The number of ether oxygens (including phenoxy) is 6. The Kier molecular flexibility index (Phi) is 27.9. The average Bonchev–Trinajstić information content (AvgIpc) is 2.60. The monoisotopic (exact) mass is 352 g/mol. The van der Waals surface area contributed by atoms with Crippen LogP contribution >= 0.6 is 0 Å². The van der Waals surface area contributed by atoms with Gasteiger partial charge in [0.2, 0.25) is 0 Å². The predicted octanol–water partition coefficient (Wildman–Crippen LogP) is 0.344. The Labute approximate surface area is 144 Å². The molecule has 0 aromatic rings. The average molecular weight is 352 g/mol. The van der Waals surface area contributed by atoms with E-state index in [-0.39, 0.29) is 13.2 Å². The van der Waals surface area contributed by atoms with Crippen LogP contribution in [0.25, 0.3) is 0 Å². The molecule has 0 radical (unpaired) electrons. The van der Waals surface area contributed by atoms with E-state index in [9.17, 15) is 0 Å². The zero-order valence-corrected chi connectivity index (χ0v) is 14.4. The molecule has 0 amide bonds. The minimum Gasteiger partial charge on any atom is -0.499 e. The van der Waals surface area contributed by atoms with Gasteiger partial charge in [-0.1, -0.05) is 13.2 Å². The van der Waals surface area contributed by atoms with E-state index in [0.29, 0.717) is 66.1 Å². The summed E-state index contributed by atoms with van der Waals surface area (Å²) in [6.45, 7) is 11.8. The highest BCUT2D eigenvalue weighted by atomic mass is 16.5. The van der Waals surface area contributed by atoms with Crippen LogP contribution in [0.15, 0.2) is 25.7 Å². The maximum absolute atomic E-state index is 8.34. The molecule has 0 fully saturated rings. The molecule has 0 saturated carbocycles. The summed E-state index contributed by atoms with van der Waals surface area (Å²) in [5, 5.41) is 16.7. The molecule has 0 rings (SSSR count). The lowest BCUT2D eigenvalue weighted by molar-refractivity contribution is 0.0204. The zero-order valence-electron chi connectivity index (χ0n) is 14.4. The Hall–Kier alpha value is -1.16. The molecule has 0 aromatic heterocycles. The third-order valence-corrected chi connectivity index (χ3v) is 2.14. The standard InChI is InChI=1S/2C8H16O4/c2*1-2-10-5-6-12-8-7-11-4-3-9/h2*2,9H,1,3-8H2. The predicted molar refractivity (Wildman–Crippen MR) is 89.7 cm³/mol. The van der Waals surface area contributed by atoms with Crippen LogP contribution in [-0.2, 0) is 28.4 Å². The van der Waals surface area contributed by atoms with Crippen molar-refractivity contribution < 1.29 is 38.6 Å². The molecule has 2 N–H and O–H groups in total. The molecule has 0 aliphatic carbocycles. The van der Waals surface area contributed by atoms with E-state index < -0.39 is 0 Å². The molecule has 144 valence electrons. The molecule has 0 aliphatic rings. The number of rotatable bonds is 18. The first-order valence-corrected chi connectivity index (χ1v) is 7.81. The van der Waals surface area contributed by atoms with E-state index in [4.69, 9.17) is 38.6 Å². The van der Waals surface area contributed by atoms with Crippen LogP contribution in [0.4, 0.5) is 0 Å². The fraction of sp³-hybridized carbons (Fsp3) is 0.750. The summed E-state index contributed by atoms with van der Waals surface area (Å²) in [6, 6.07) is 0. The van der Waals surface area contributed by atoms with Gasteiger partial charge in [0.05, 0.1) is 78.6 Å². The van der Waals surface area contributed by atoms with Crippen molar-refractivity contribution in [3.63, 3.8) is 0 Å². The summed E-state index contributed by atoms with van der Waals surface area (Å²) >= 11 is 0. The van der Waals surface area contributed by atoms with E-state index in [1.165, 1.54) is 12.5 Å². The Morgan fingerprint density at radius 2 is 0.792 bits per heavy atom. The van der Waals surface area contributed by atoms with Crippen molar-refractivity contribution in [2.45, 2.75) is 0 Å². The lowest BCUT2D eigenvalue weighted by Gasteiger charge is -2.03. The van der Waals surface area contributed by atoms with E-state index in [2.05, 4.69) is 13.2 Å². The maximum Gasteiger partial charge on any atom is 0.111 e. The van der Waals surface area contributed by atoms with E-state index in [0.717, 1.165) is 0 Å². The molecule has 24 heavy (non-hydrogen) atoms. The Bertz CT molecular complexity index is 214. The van der Waals surface area contributed by atoms with Crippen LogP contribution in [0.1, 0.15) is 0 Å². The second kappa shape index (κ2) is 26.7. The maximum atomic E-state index is 8.34. The topological polar surface area (TPSA) is 95.8 Å². The molecule has 0 unspecified atom stereocenters. The number of aliphatic hydroxyl groups is 2. The quantitative estimate of drug-likeness (QED) is 0.269. The Morgan fingerprint density at radius 3 is 1.08 bits per heavy atom. The highest BCUT2D eigenvalue weighted by molar-refractivity contribution is 4.48. The van der Waals surface area contributed by atoms with Crippen LogP contribution in [0.2, 0.25) is 0 Å². The molecule has 8 heteroatoms. The third-order valence-electron chi connectivity index (χ3n) is 2.14. The first-order chi connectivity index (χ1) is 11.8. The smallest absolute Gasteiger partial charge is 0.111 e. The van der Waals surface area contributed by atoms with Gasteiger partial charge in [-0.25, -0.2) is 0 Å². The summed E-state index contributed by atoms with van der Waals surface area (Å²) in [5.74, 6) is 0. The Morgan fingerprint density at radius 1 is 0.500 bits per heavy atom. The van der Waals surface area contributed by atoms with Crippen molar-refractivity contribution in [3.05, 3.63) is 25.7 Å². The molecule has 0 aliphatic heterocycles. The first kappa shape index (κ1) is 25.1. The van der Waals surface area contributed by atoms with Crippen molar-refractivity contribution in [3.8, 4) is 0 Å². The largest absolute Gasteiger partial charge is 0.499 e. The molecular formula is C16H32O8. The summed E-state index contributed by atoms with van der Waals surface area (Å²) < 4.78 is 29.8. The van der Waals surface area contributed by atoms with Crippen molar-refractivity contribution in [1.82, 2.24) is 0 Å². The van der Waals surface area contributed by atoms with Gasteiger partial charge in [-0.05, 0) is 0 Å². The van der Waals surface area contributed by atoms with Crippen LogP contribution in [0, 0.1) is 0 Å². The van der Waals surface area contributed by atoms with Crippen LogP contribution in [-0.4, -0.2) is 89.5 Å². The van der Waals surface area contributed by atoms with E-state index >= 15 is 0 Å². The van der Waals surface area contributed by atoms with Crippen molar-refractivity contribution in [2.75, 3.05) is 79.3 Å². The molecule has 0 atom stereocenters. The summed E-state index contributed by atoms with van der Waals surface area (Å²) in [7, 11) is 0. The van der Waals surface area contributed by atoms with Gasteiger partial charge in [0.25, 0.3) is 0 Å². The minimum atomic E-state index is 0.0551. The molecular weight excluding hydrogens is 320 g/mol. The van der Waals surface area contributed by atoms with Gasteiger partial charge in [0.15, 0.2) is 0 Å². The van der Waals surface area contributed by atoms with E-state index in [1.54, 1.807) is 0 Å². The van der Waals surface area contributed by atoms with Crippen molar-refractivity contribution in [2.24, 2.45) is 0 Å². The number of aliphatic hydroxyl groups excluding tert-OH is 2. The number of hydrogen-bond acceptors (Lipinski definition) is 8. The van der Waals surface area contributed by atoms with Gasteiger partial charge >= 0.3 is 0 Å². The van der Waals surface area contributed by atoms with Gasteiger partial charge in [0, 0.05) is 0 Å². The number of hydrogen-bond donors (Lipinski definition) is 2. The summed E-state index contributed by atoms with van der Waals surface area (Å²) in [6.07, 6.45) is 2.76.